The highest BCUT2D eigenvalue weighted by molar-refractivity contribution is 9.10. The third kappa shape index (κ3) is 2.93. The Labute approximate surface area is 109 Å². The van der Waals surface area contributed by atoms with Gasteiger partial charge in [-0.05, 0) is 37.6 Å². The lowest BCUT2D eigenvalue weighted by Gasteiger charge is -2.13. The molecule has 2 unspecified atom stereocenters. The zero-order valence-electron chi connectivity index (χ0n) is 9.67. The van der Waals surface area contributed by atoms with E-state index in [0.717, 1.165) is 13.0 Å². The highest BCUT2D eigenvalue weighted by Gasteiger charge is 2.29. The smallest absolute Gasteiger partial charge is 0.142 e. The summed E-state index contributed by atoms with van der Waals surface area (Å²) in [5, 5.41) is 3.24. The van der Waals surface area contributed by atoms with Crippen molar-refractivity contribution in [3.05, 3.63) is 34.1 Å². The Morgan fingerprint density at radius 3 is 2.94 bits per heavy atom. The molecule has 17 heavy (non-hydrogen) atoms. The van der Waals surface area contributed by atoms with Gasteiger partial charge in [0, 0.05) is 22.9 Å². The SMILES string of the molecule is CC1NCCC1C(=O)Cc1ccc(Br)cc1F. The van der Waals surface area contributed by atoms with Crippen LogP contribution in [0.5, 0.6) is 0 Å². The second-order valence-corrected chi connectivity index (χ2v) is 5.43. The van der Waals surface area contributed by atoms with E-state index in [2.05, 4.69) is 21.2 Å². The fraction of sp³-hybridized carbons (Fsp3) is 0.462. The summed E-state index contributed by atoms with van der Waals surface area (Å²) in [4.78, 5) is 12.0. The van der Waals surface area contributed by atoms with E-state index in [1.54, 1.807) is 12.1 Å². The van der Waals surface area contributed by atoms with Crippen molar-refractivity contribution in [3.63, 3.8) is 0 Å². The molecule has 0 amide bonds. The first-order valence-corrected chi connectivity index (χ1v) is 6.57. The van der Waals surface area contributed by atoms with Gasteiger partial charge in [-0.2, -0.15) is 0 Å². The average Bonchev–Trinajstić information content (AvgIpc) is 2.68. The monoisotopic (exact) mass is 299 g/mol. The first kappa shape index (κ1) is 12.7. The molecule has 1 N–H and O–H groups in total. The van der Waals surface area contributed by atoms with Crippen molar-refractivity contribution in [3.8, 4) is 0 Å². The number of rotatable bonds is 3. The molecule has 1 aromatic carbocycles. The summed E-state index contributed by atoms with van der Waals surface area (Å²) in [6, 6.07) is 5.05. The summed E-state index contributed by atoms with van der Waals surface area (Å²) in [7, 11) is 0. The van der Waals surface area contributed by atoms with E-state index in [4.69, 9.17) is 0 Å². The molecule has 0 saturated carbocycles. The molecule has 2 rings (SSSR count). The van der Waals surface area contributed by atoms with Crippen LogP contribution in [0.15, 0.2) is 22.7 Å². The average molecular weight is 300 g/mol. The molecule has 1 saturated heterocycles. The van der Waals surface area contributed by atoms with Crippen LogP contribution in [0.4, 0.5) is 4.39 Å². The van der Waals surface area contributed by atoms with Crippen molar-refractivity contribution in [2.75, 3.05) is 6.54 Å². The zero-order valence-corrected chi connectivity index (χ0v) is 11.3. The van der Waals surface area contributed by atoms with Gasteiger partial charge in [-0.25, -0.2) is 4.39 Å². The molecule has 92 valence electrons. The molecule has 2 atom stereocenters. The topological polar surface area (TPSA) is 29.1 Å². The van der Waals surface area contributed by atoms with Crippen LogP contribution < -0.4 is 5.32 Å². The van der Waals surface area contributed by atoms with E-state index in [9.17, 15) is 9.18 Å². The van der Waals surface area contributed by atoms with E-state index in [1.165, 1.54) is 6.07 Å². The molecule has 1 heterocycles. The molecule has 1 fully saturated rings. The number of Topliss-reactive ketones (excluding diaryl/α,β-unsaturated/α-hetero) is 1. The van der Waals surface area contributed by atoms with Crippen molar-refractivity contribution < 1.29 is 9.18 Å². The number of carbonyl (C=O) groups is 1. The van der Waals surface area contributed by atoms with Gasteiger partial charge < -0.3 is 5.32 Å². The first-order chi connectivity index (χ1) is 8.08. The van der Waals surface area contributed by atoms with Gasteiger partial charge in [0.05, 0.1) is 0 Å². The Balaban J connectivity index is 2.07. The van der Waals surface area contributed by atoms with Crippen molar-refractivity contribution in [1.82, 2.24) is 5.32 Å². The summed E-state index contributed by atoms with van der Waals surface area (Å²) < 4.78 is 14.3. The van der Waals surface area contributed by atoms with Gasteiger partial charge in [0.2, 0.25) is 0 Å². The fourth-order valence-corrected chi connectivity index (χ4v) is 2.62. The maximum atomic E-state index is 13.6. The summed E-state index contributed by atoms with van der Waals surface area (Å²) in [6.45, 7) is 2.88. The summed E-state index contributed by atoms with van der Waals surface area (Å²) in [5.41, 5.74) is 0.484. The molecule has 1 aliphatic rings. The minimum atomic E-state index is -0.314. The summed E-state index contributed by atoms with van der Waals surface area (Å²) >= 11 is 3.20. The molecule has 1 aromatic rings. The second kappa shape index (κ2) is 5.27. The van der Waals surface area contributed by atoms with Gasteiger partial charge in [-0.15, -0.1) is 0 Å². The largest absolute Gasteiger partial charge is 0.314 e. The van der Waals surface area contributed by atoms with Crippen LogP contribution in [-0.4, -0.2) is 18.4 Å². The fourth-order valence-electron chi connectivity index (χ4n) is 2.28. The van der Waals surface area contributed by atoms with Crippen LogP contribution in [0.3, 0.4) is 0 Å². The molecule has 0 spiro atoms. The first-order valence-electron chi connectivity index (χ1n) is 5.78. The van der Waals surface area contributed by atoms with Crippen molar-refractivity contribution in [1.29, 1.82) is 0 Å². The third-order valence-corrected chi connectivity index (χ3v) is 3.81. The van der Waals surface area contributed by atoms with E-state index < -0.39 is 0 Å². The Morgan fingerprint density at radius 2 is 2.35 bits per heavy atom. The number of halogens is 2. The maximum Gasteiger partial charge on any atom is 0.142 e. The normalized spacial score (nSPS) is 23.9. The van der Waals surface area contributed by atoms with Crippen molar-refractivity contribution in [2.24, 2.45) is 5.92 Å². The Hall–Kier alpha value is -0.740. The maximum absolute atomic E-state index is 13.6. The third-order valence-electron chi connectivity index (χ3n) is 3.32. The number of ketones is 1. The van der Waals surface area contributed by atoms with Crippen LogP contribution >= 0.6 is 15.9 Å². The lowest BCUT2D eigenvalue weighted by Crippen LogP contribution is -2.29. The van der Waals surface area contributed by atoms with Gasteiger partial charge in [-0.3, -0.25) is 4.79 Å². The predicted octanol–water partition coefficient (Wildman–Crippen LogP) is 2.70. The van der Waals surface area contributed by atoms with Crippen LogP contribution in [0, 0.1) is 11.7 Å². The van der Waals surface area contributed by atoms with Crippen molar-refractivity contribution >= 4 is 21.7 Å². The lowest BCUT2D eigenvalue weighted by molar-refractivity contribution is -0.122. The molecular weight excluding hydrogens is 285 g/mol. The van der Waals surface area contributed by atoms with Gasteiger partial charge in [0.25, 0.3) is 0 Å². The molecule has 0 aromatic heterocycles. The number of hydrogen-bond acceptors (Lipinski definition) is 2. The Bertz CT molecular complexity index is 435. The van der Waals surface area contributed by atoms with Crippen molar-refractivity contribution in [2.45, 2.75) is 25.8 Å². The summed E-state index contributed by atoms with van der Waals surface area (Å²) in [5.74, 6) is -0.159. The number of benzene rings is 1. The molecule has 2 nitrogen and oxygen atoms in total. The van der Waals surface area contributed by atoms with Crippen LogP contribution in [0.25, 0.3) is 0 Å². The molecule has 0 radical (unpaired) electrons. The molecule has 1 aliphatic heterocycles. The number of nitrogens with one attached hydrogen (secondary N) is 1. The predicted molar refractivity (Wildman–Crippen MR) is 68.4 cm³/mol. The van der Waals surface area contributed by atoms with E-state index >= 15 is 0 Å². The Kier molecular flexibility index (Phi) is 3.94. The molecule has 0 bridgehead atoms. The van der Waals surface area contributed by atoms with Gasteiger partial charge in [0.1, 0.15) is 11.6 Å². The highest BCUT2D eigenvalue weighted by Crippen LogP contribution is 2.21. The minimum absolute atomic E-state index is 0.0260. The standard InChI is InChI=1S/C13H15BrFNO/c1-8-11(4-5-16-8)13(17)6-9-2-3-10(14)7-12(9)15/h2-3,7-8,11,16H,4-6H2,1H3. The van der Waals surface area contributed by atoms with E-state index in [-0.39, 0.29) is 30.0 Å². The summed E-state index contributed by atoms with van der Waals surface area (Å²) in [6.07, 6.45) is 1.05. The molecule has 0 aliphatic carbocycles. The molecule has 4 heteroatoms. The molecular formula is C13H15BrFNO. The Morgan fingerprint density at radius 1 is 1.59 bits per heavy atom. The van der Waals surface area contributed by atoms with E-state index in [1.807, 2.05) is 6.92 Å². The van der Waals surface area contributed by atoms with Crippen LogP contribution in [0.1, 0.15) is 18.9 Å². The zero-order chi connectivity index (χ0) is 12.4. The quantitative estimate of drug-likeness (QED) is 0.930. The number of hydrogen-bond donors (Lipinski definition) is 1. The van der Waals surface area contributed by atoms with Crippen LogP contribution in [0.2, 0.25) is 0 Å². The minimum Gasteiger partial charge on any atom is -0.314 e. The lowest BCUT2D eigenvalue weighted by atomic mass is 9.92. The number of carbonyl (C=O) groups excluding carboxylic acids is 1. The van der Waals surface area contributed by atoms with Gasteiger partial charge >= 0.3 is 0 Å². The van der Waals surface area contributed by atoms with Gasteiger partial charge in [-0.1, -0.05) is 22.0 Å². The second-order valence-electron chi connectivity index (χ2n) is 4.52. The van der Waals surface area contributed by atoms with Crippen LogP contribution in [-0.2, 0) is 11.2 Å². The van der Waals surface area contributed by atoms with E-state index in [0.29, 0.717) is 10.0 Å². The highest BCUT2D eigenvalue weighted by atomic mass is 79.9. The van der Waals surface area contributed by atoms with Gasteiger partial charge in [0.15, 0.2) is 0 Å².